The Balaban J connectivity index is 1.29. The number of sulfonamides is 1. The predicted octanol–water partition coefficient (Wildman–Crippen LogP) is 6.50. The molecule has 1 unspecified atom stereocenters. The number of piperazine rings is 1. The first kappa shape index (κ1) is 32.8. The number of nitrogens with zero attached hydrogens (tertiary/aromatic N) is 3. The quantitative estimate of drug-likeness (QED) is 0.238. The average molecular weight is 693 g/mol. The minimum atomic E-state index is -3.71. The van der Waals surface area contributed by atoms with Crippen molar-refractivity contribution in [3.05, 3.63) is 94.6 Å². The standard InChI is InChI=1S/C40H44N4O5S/c1-42-19-20-43(36(25-42)26-9-5-3-6-10-26)40(46)30-21-29-22-31(49-2)14-18-33(29)38-37(27-11-7-4-8-12-27)34-17-13-28(23-35(34)44(38)24-30)39(45)41-50(47,48)32-15-16-32/h3,5-6,9-10,13-14,17-18,21-23,27,32,36H,4,7-8,11-12,15-16,19-20,24-25H2,1-2H3,(H,41,45). The maximum atomic E-state index is 14.9. The first-order valence-electron chi connectivity index (χ1n) is 17.9. The molecule has 3 aromatic carbocycles. The van der Waals surface area contributed by atoms with Gasteiger partial charge in [-0.05, 0) is 91.7 Å². The van der Waals surface area contributed by atoms with E-state index in [0.717, 1.165) is 72.1 Å². The Bertz CT molecular complexity index is 2110. The lowest BCUT2D eigenvalue weighted by Crippen LogP contribution is -2.49. The van der Waals surface area contributed by atoms with Crippen molar-refractivity contribution in [1.29, 1.82) is 0 Å². The number of methoxy groups -OCH3 is 1. The molecular formula is C40H44N4O5S. The van der Waals surface area contributed by atoms with Crippen LogP contribution in [0.25, 0.3) is 28.2 Å². The highest BCUT2D eigenvalue weighted by molar-refractivity contribution is 7.91. The Kier molecular flexibility index (Phi) is 8.55. The molecule has 4 aromatic rings. The molecule has 1 N–H and O–H groups in total. The lowest BCUT2D eigenvalue weighted by atomic mass is 9.81. The number of rotatable bonds is 7. The van der Waals surface area contributed by atoms with Gasteiger partial charge in [-0.25, -0.2) is 13.1 Å². The first-order chi connectivity index (χ1) is 24.2. The second-order valence-electron chi connectivity index (χ2n) is 14.4. The van der Waals surface area contributed by atoms with Gasteiger partial charge >= 0.3 is 0 Å². The zero-order valence-electron chi connectivity index (χ0n) is 28.7. The Labute approximate surface area is 293 Å². The van der Waals surface area contributed by atoms with E-state index in [4.69, 9.17) is 4.74 Å². The maximum Gasteiger partial charge on any atom is 0.264 e. The molecule has 1 aromatic heterocycles. The van der Waals surface area contributed by atoms with Crippen LogP contribution in [0.3, 0.4) is 0 Å². The van der Waals surface area contributed by atoms with Crippen LogP contribution in [-0.2, 0) is 21.4 Å². The number of nitrogens with one attached hydrogen (secondary N) is 1. The number of aromatic nitrogens is 1. The van der Waals surface area contributed by atoms with Crippen LogP contribution in [0.5, 0.6) is 5.75 Å². The summed E-state index contributed by atoms with van der Waals surface area (Å²) < 4.78 is 35.7. The Morgan fingerprint density at radius 2 is 1.68 bits per heavy atom. The molecule has 4 aliphatic rings. The Hall–Kier alpha value is -4.41. The van der Waals surface area contributed by atoms with E-state index in [0.29, 0.717) is 43.2 Å². The average Bonchev–Trinajstić information content (AvgIpc) is 3.97. The summed E-state index contributed by atoms with van der Waals surface area (Å²) >= 11 is 0. The summed E-state index contributed by atoms with van der Waals surface area (Å²) in [4.78, 5) is 32.6. The van der Waals surface area contributed by atoms with E-state index in [2.05, 4.69) is 39.4 Å². The van der Waals surface area contributed by atoms with E-state index in [9.17, 15) is 18.0 Å². The van der Waals surface area contributed by atoms with Gasteiger partial charge in [0.05, 0.1) is 30.6 Å². The normalized spacial score (nSPS) is 20.1. The van der Waals surface area contributed by atoms with Gasteiger partial charge in [0.2, 0.25) is 10.0 Å². The van der Waals surface area contributed by atoms with Gasteiger partial charge in [-0.3, -0.25) is 9.59 Å². The minimum absolute atomic E-state index is 0.0148. The zero-order chi connectivity index (χ0) is 34.6. The van der Waals surface area contributed by atoms with Crippen LogP contribution in [0.15, 0.2) is 72.3 Å². The van der Waals surface area contributed by atoms with E-state index in [-0.39, 0.29) is 17.5 Å². The van der Waals surface area contributed by atoms with E-state index in [1.54, 1.807) is 13.2 Å². The molecule has 0 radical (unpaired) electrons. The molecule has 2 aliphatic heterocycles. The van der Waals surface area contributed by atoms with E-state index in [1.807, 2.05) is 53.4 Å². The van der Waals surface area contributed by atoms with Crippen molar-refractivity contribution >= 4 is 38.8 Å². The van der Waals surface area contributed by atoms with Crippen molar-refractivity contribution in [3.8, 4) is 17.0 Å². The van der Waals surface area contributed by atoms with Crippen molar-refractivity contribution in [3.63, 3.8) is 0 Å². The molecule has 8 rings (SSSR count). The molecule has 1 saturated heterocycles. The molecule has 2 amide bonds. The fourth-order valence-corrected chi connectivity index (χ4v) is 9.57. The molecule has 260 valence electrons. The lowest BCUT2D eigenvalue weighted by molar-refractivity contribution is -0.132. The van der Waals surface area contributed by atoms with E-state index < -0.39 is 21.2 Å². The molecule has 2 saturated carbocycles. The number of fused-ring (bicyclic) bond motifs is 5. The molecule has 1 atom stereocenters. The number of likely N-dealkylation sites (N-methyl/N-ethyl adjacent to an activating group) is 1. The number of carbonyl (C=O) groups excluding carboxylic acids is 2. The fourth-order valence-electron chi connectivity index (χ4n) is 8.27. The molecular weight excluding hydrogens is 649 g/mol. The van der Waals surface area contributed by atoms with Crippen LogP contribution in [0.4, 0.5) is 0 Å². The SMILES string of the molecule is COc1ccc2c(c1)C=C(C(=O)N1CCN(C)CC1c1ccccc1)Cn1c-2c(C2CCCCC2)c2ccc(C(=O)NS(=O)(=O)C3CC3)cc21. The van der Waals surface area contributed by atoms with Gasteiger partial charge < -0.3 is 19.1 Å². The van der Waals surface area contributed by atoms with Crippen molar-refractivity contribution in [2.75, 3.05) is 33.8 Å². The topological polar surface area (TPSA) is 101 Å². The van der Waals surface area contributed by atoms with Gasteiger partial charge in [-0.15, -0.1) is 0 Å². The molecule has 3 fully saturated rings. The lowest BCUT2D eigenvalue weighted by Gasteiger charge is -2.40. The molecule has 9 nitrogen and oxygen atoms in total. The molecule has 0 spiro atoms. The van der Waals surface area contributed by atoms with E-state index in [1.165, 1.54) is 12.0 Å². The van der Waals surface area contributed by atoms with Crippen LogP contribution >= 0.6 is 0 Å². The summed E-state index contributed by atoms with van der Waals surface area (Å²) in [6.07, 6.45) is 8.83. The summed E-state index contributed by atoms with van der Waals surface area (Å²) in [5.74, 6) is 0.402. The van der Waals surface area contributed by atoms with Crippen molar-refractivity contribution in [2.24, 2.45) is 0 Å². The summed E-state index contributed by atoms with van der Waals surface area (Å²) in [7, 11) is 0.0382. The van der Waals surface area contributed by atoms with Gasteiger partial charge in [0, 0.05) is 47.2 Å². The molecule has 10 heteroatoms. The van der Waals surface area contributed by atoms with Gasteiger partial charge in [0.25, 0.3) is 11.8 Å². The van der Waals surface area contributed by atoms with Crippen LogP contribution < -0.4 is 9.46 Å². The van der Waals surface area contributed by atoms with Crippen LogP contribution in [0, 0.1) is 0 Å². The number of hydrogen-bond acceptors (Lipinski definition) is 6. The van der Waals surface area contributed by atoms with Gasteiger partial charge in [0.15, 0.2) is 0 Å². The monoisotopic (exact) mass is 692 g/mol. The highest BCUT2D eigenvalue weighted by Gasteiger charge is 2.38. The zero-order valence-corrected chi connectivity index (χ0v) is 29.5. The van der Waals surface area contributed by atoms with Gasteiger partial charge in [-0.2, -0.15) is 0 Å². The fraction of sp³-hybridized carbons (Fsp3) is 0.400. The molecule has 0 bridgehead atoms. The Morgan fingerprint density at radius 3 is 2.42 bits per heavy atom. The first-order valence-corrected chi connectivity index (χ1v) is 19.4. The van der Waals surface area contributed by atoms with Crippen molar-refractivity contribution in [2.45, 2.75) is 68.7 Å². The number of hydrogen-bond donors (Lipinski definition) is 1. The van der Waals surface area contributed by atoms with Crippen LogP contribution in [0.1, 0.15) is 84.0 Å². The second-order valence-corrected chi connectivity index (χ2v) is 16.4. The predicted molar refractivity (Wildman–Crippen MR) is 196 cm³/mol. The number of benzene rings is 3. The number of amides is 2. The van der Waals surface area contributed by atoms with Gasteiger partial charge in [-0.1, -0.05) is 55.7 Å². The van der Waals surface area contributed by atoms with E-state index >= 15 is 0 Å². The van der Waals surface area contributed by atoms with Crippen molar-refractivity contribution in [1.82, 2.24) is 19.1 Å². The largest absolute Gasteiger partial charge is 0.497 e. The summed E-state index contributed by atoms with van der Waals surface area (Å²) in [5.41, 5.74) is 7.12. The highest BCUT2D eigenvalue weighted by Crippen LogP contribution is 2.47. The Morgan fingerprint density at radius 1 is 0.900 bits per heavy atom. The van der Waals surface area contributed by atoms with Crippen molar-refractivity contribution < 1.29 is 22.7 Å². The van der Waals surface area contributed by atoms with Gasteiger partial charge in [0.1, 0.15) is 5.75 Å². The molecule has 50 heavy (non-hydrogen) atoms. The summed E-state index contributed by atoms with van der Waals surface area (Å²) in [5, 5.41) is 0.546. The minimum Gasteiger partial charge on any atom is -0.497 e. The molecule has 3 heterocycles. The third-order valence-corrected chi connectivity index (χ3v) is 12.9. The second kappa shape index (κ2) is 13.0. The number of carbonyl (C=O) groups is 2. The summed E-state index contributed by atoms with van der Waals surface area (Å²) in [6, 6.07) is 21.8. The van der Waals surface area contributed by atoms with Crippen LogP contribution in [-0.4, -0.2) is 73.6 Å². The maximum absolute atomic E-state index is 14.9. The smallest absolute Gasteiger partial charge is 0.264 e. The third kappa shape index (κ3) is 6.02. The highest BCUT2D eigenvalue weighted by atomic mass is 32.2. The molecule has 2 aliphatic carbocycles. The number of ether oxygens (including phenoxy) is 1. The third-order valence-electron chi connectivity index (χ3n) is 11.1. The van der Waals surface area contributed by atoms with Crippen LogP contribution in [0.2, 0.25) is 0 Å². The summed E-state index contributed by atoms with van der Waals surface area (Å²) in [6.45, 7) is 2.43.